The zero-order valence-electron chi connectivity index (χ0n) is 17.5. The van der Waals surface area contributed by atoms with Crippen molar-refractivity contribution in [3.05, 3.63) is 62.4 Å². The molecular weight excluding hydrogens is 471 g/mol. The molecule has 0 spiro atoms. The zero-order valence-corrected chi connectivity index (χ0v) is 20.7. The monoisotopic (exact) mass is 492 g/mol. The van der Waals surface area contributed by atoms with Gasteiger partial charge in [-0.3, -0.25) is 9.69 Å². The average molecular weight is 493 g/mol. The van der Waals surface area contributed by atoms with Gasteiger partial charge in [0.25, 0.3) is 0 Å². The summed E-state index contributed by atoms with van der Waals surface area (Å²) in [7, 11) is 0. The molecule has 0 radical (unpaired) electrons. The van der Waals surface area contributed by atoms with Crippen molar-refractivity contribution < 1.29 is 9.90 Å². The van der Waals surface area contributed by atoms with Crippen LogP contribution in [0.3, 0.4) is 0 Å². The number of carbonyl (C=O) groups excluding carboxylic acids is 1. The highest BCUT2D eigenvalue weighted by atomic mass is 35.5. The van der Waals surface area contributed by atoms with Crippen LogP contribution in [0.1, 0.15) is 48.8 Å². The summed E-state index contributed by atoms with van der Waals surface area (Å²) in [5, 5.41) is 13.3. The van der Waals surface area contributed by atoms with Crippen molar-refractivity contribution in [2.24, 2.45) is 0 Å². The largest absolute Gasteiger partial charge is 0.508 e. The van der Waals surface area contributed by atoms with E-state index in [1.54, 1.807) is 29.2 Å². The molecule has 3 aromatic rings. The van der Waals surface area contributed by atoms with Crippen LogP contribution in [0.2, 0.25) is 10.0 Å². The highest BCUT2D eigenvalue weighted by Gasteiger charge is 2.42. The van der Waals surface area contributed by atoms with Crippen molar-refractivity contribution in [2.45, 2.75) is 44.2 Å². The fraction of sp³-hybridized carbons (Fsp3) is 0.304. The Bertz CT molecular complexity index is 1140. The number of benzene rings is 2. The Kier molecular flexibility index (Phi) is 6.28. The number of halogens is 2. The maximum absolute atomic E-state index is 13.1. The van der Waals surface area contributed by atoms with Crippen molar-refractivity contribution in [1.82, 2.24) is 4.98 Å². The Morgan fingerprint density at radius 3 is 2.52 bits per heavy atom. The van der Waals surface area contributed by atoms with Crippen molar-refractivity contribution in [3.8, 4) is 17.0 Å². The molecule has 2 aromatic carbocycles. The number of aryl methyl sites for hydroxylation is 1. The lowest BCUT2D eigenvalue weighted by atomic mass is 9.95. The maximum Gasteiger partial charge on any atom is 0.242 e. The third kappa shape index (κ3) is 4.07. The molecule has 1 amide bonds. The van der Waals surface area contributed by atoms with E-state index in [4.69, 9.17) is 28.2 Å². The predicted molar refractivity (Wildman–Crippen MR) is 132 cm³/mol. The SMILES string of the molecule is Cc1cc(O)c(C(C)C)cc1-c1csc(N2C(=O)C(C)SC2c2c(Cl)cccc2Cl)n1. The summed E-state index contributed by atoms with van der Waals surface area (Å²) in [6.07, 6.45) is 0. The number of thioether (sulfide) groups is 1. The van der Waals surface area contributed by atoms with Gasteiger partial charge in [-0.2, -0.15) is 0 Å². The molecule has 1 N–H and O–H groups in total. The van der Waals surface area contributed by atoms with Crippen molar-refractivity contribution >= 4 is 57.3 Å². The van der Waals surface area contributed by atoms with E-state index in [0.717, 1.165) is 27.9 Å². The number of phenols is 1. The van der Waals surface area contributed by atoms with E-state index >= 15 is 0 Å². The third-order valence-corrected chi connectivity index (χ3v) is 8.18. The van der Waals surface area contributed by atoms with Gasteiger partial charge >= 0.3 is 0 Å². The third-order valence-electron chi connectivity index (χ3n) is 5.37. The van der Waals surface area contributed by atoms with Crippen LogP contribution in [-0.4, -0.2) is 21.2 Å². The molecule has 2 heterocycles. The molecule has 0 aliphatic carbocycles. The second kappa shape index (κ2) is 8.66. The Morgan fingerprint density at radius 1 is 1.19 bits per heavy atom. The first-order valence-electron chi connectivity index (χ1n) is 9.91. The molecule has 2 atom stereocenters. The molecule has 2 unspecified atom stereocenters. The molecule has 1 aliphatic rings. The minimum Gasteiger partial charge on any atom is -0.508 e. The Hall–Kier alpha value is -1.73. The highest BCUT2D eigenvalue weighted by Crippen LogP contribution is 2.50. The number of nitrogens with zero attached hydrogens (tertiary/aromatic N) is 2. The lowest BCUT2D eigenvalue weighted by Crippen LogP contribution is -2.30. The average Bonchev–Trinajstić information content (AvgIpc) is 3.26. The fourth-order valence-electron chi connectivity index (χ4n) is 3.71. The first-order valence-corrected chi connectivity index (χ1v) is 12.5. The molecule has 1 fully saturated rings. The summed E-state index contributed by atoms with van der Waals surface area (Å²) in [5.74, 6) is 0.457. The number of thiazole rings is 1. The van der Waals surface area contributed by atoms with Crippen LogP contribution >= 0.6 is 46.3 Å². The van der Waals surface area contributed by atoms with Crippen molar-refractivity contribution in [1.29, 1.82) is 0 Å². The summed E-state index contributed by atoms with van der Waals surface area (Å²) in [6, 6.07) is 9.13. The van der Waals surface area contributed by atoms with Crippen LogP contribution in [0.15, 0.2) is 35.7 Å². The second-order valence-electron chi connectivity index (χ2n) is 7.87. The quantitative estimate of drug-likeness (QED) is 0.411. The van der Waals surface area contributed by atoms with E-state index in [0.29, 0.717) is 20.9 Å². The molecule has 0 saturated carbocycles. The number of phenolic OH excluding ortho intramolecular Hbond substituents is 1. The van der Waals surface area contributed by atoms with Gasteiger partial charge in [0.1, 0.15) is 11.1 Å². The standard InChI is InChI=1S/C23H22Cl2N2O2S2/c1-11(2)14-9-15(12(3)8-19(14)28)18-10-30-23(26-18)27-21(29)13(4)31-22(27)20-16(24)6-5-7-17(20)25/h5-11,13,22,28H,1-4H3. The Balaban J connectivity index is 1.77. The Morgan fingerprint density at radius 2 is 1.87 bits per heavy atom. The minimum absolute atomic E-state index is 0.0165. The highest BCUT2D eigenvalue weighted by molar-refractivity contribution is 8.01. The second-order valence-corrected chi connectivity index (χ2v) is 10.9. The first kappa shape index (κ1) is 22.5. The molecule has 1 saturated heterocycles. The van der Waals surface area contributed by atoms with E-state index < -0.39 is 0 Å². The van der Waals surface area contributed by atoms with Crippen LogP contribution in [0.5, 0.6) is 5.75 Å². The zero-order chi connectivity index (χ0) is 22.4. The molecular formula is C23H22Cl2N2O2S2. The summed E-state index contributed by atoms with van der Waals surface area (Å²) in [6.45, 7) is 7.92. The van der Waals surface area contributed by atoms with Crippen LogP contribution in [-0.2, 0) is 4.79 Å². The smallest absolute Gasteiger partial charge is 0.242 e. The molecule has 162 valence electrons. The fourth-order valence-corrected chi connectivity index (χ4v) is 6.70. The van der Waals surface area contributed by atoms with Gasteiger partial charge in [-0.25, -0.2) is 4.98 Å². The summed E-state index contributed by atoms with van der Waals surface area (Å²) in [4.78, 5) is 19.6. The number of aromatic nitrogens is 1. The van der Waals surface area contributed by atoms with Crippen LogP contribution in [0, 0.1) is 6.92 Å². The molecule has 4 rings (SSSR count). The number of rotatable bonds is 4. The van der Waals surface area contributed by atoms with Crippen LogP contribution in [0.4, 0.5) is 5.13 Å². The number of amides is 1. The van der Waals surface area contributed by atoms with Gasteiger partial charge in [-0.05, 0) is 55.2 Å². The molecule has 1 aliphatic heterocycles. The van der Waals surface area contributed by atoms with E-state index in [9.17, 15) is 9.90 Å². The topological polar surface area (TPSA) is 53.4 Å². The van der Waals surface area contributed by atoms with E-state index in [1.807, 2.05) is 39.1 Å². The van der Waals surface area contributed by atoms with Crippen molar-refractivity contribution in [3.63, 3.8) is 0 Å². The molecule has 31 heavy (non-hydrogen) atoms. The maximum atomic E-state index is 13.1. The summed E-state index contributed by atoms with van der Waals surface area (Å²) >= 11 is 15.9. The van der Waals surface area contributed by atoms with Gasteiger partial charge < -0.3 is 5.11 Å². The van der Waals surface area contributed by atoms with E-state index in [2.05, 4.69) is 0 Å². The van der Waals surface area contributed by atoms with Gasteiger partial charge in [-0.1, -0.05) is 43.1 Å². The molecule has 1 aromatic heterocycles. The summed E-state index contributed by atoms with van der Waals surface area (Å²) < 4.78 is 0. The number of hydrogen-bond donors (Lipinski definition) is 1. The van der Waals surface area contributed by atoms with E-state index in [1.165, 1.54) is 23.1 Å². The lowest BCUT2D eigenvalue weighted by Gasteiger charge is -2.23. The number of anilines is 1. The molecule has 4 nitrogen and oxygen atoms in total. The predicted octanol–water partition coefficient (Wildman–Crippen LogP) is 7.42. The van der Waals surface area contributed by atoms with Gasteiger partial charge in [0.05, 0.1) is 10.9 Å². The van der Waals surface area contributed by atoms with Gasteiger partial charge in [0.15, 0.2) is 5.13 Å². The Labute approximate surface area is 200 Å². The van der Waals surface area contributed by atoms with Crippen LogP contribution in [0.25, 0.3) is 11.3 Å². The van der Waals surface area contributed by atoms with Gasteiger partial charge in [0, 0.05) is 26.6 Å². The number of carbonyl (C=O) groups is 1. The number of hydrogen-bond acceptors (Lipinski definition) is 5. The van der Waals surface area contributed by atoms with Crippen molar-refractivity contribution in [2.75, 3.05) is 4.90 Å². The van der Waals surface area contributed by atoms with Crippen LogP contribution < -0.4 is 4.90 Å². The molecule has 8 heteroatoms. The number of aromatic hydroxyl groups is 1. The first-order chi connectivity index (χ1) is 14.7. The van der Waals surface area contributed by atoms with E-state index in [-0.39, 0.29) is 22.4 Å². The lowest BCUT2D eigenvalue weighted by molar-refractivity contribution is -0.117. The molecule has 0 bridgehead atoms. The van der Waals surface area contributed by atoms with Gasteiger partial charge in [0.2, 0.25) is 5.91 Å². The minimum atomic E-state index is -0.338. The normalized spacial score (nSPS) is 18.9. The summed E-state index contributed by atoms with van der Waals surface area (Å²) in [5.41, 5.74) is 4.26. The van der Waals surface area contributed by atoms with Gasteiger partial charge in [-0.15, -0.1) is 23.1 Å².